The molecular formula is C29H42ClN5O3Si. The van der Waals surface area contributed by atoms with Gasteiger partial charge in [0.1, 0.15) is 6.07 Å². The topological polar surface area (TPSA) is 90.7 Å². The normalized spacial score (nSPS) is 18.0. The number of nitriles is 1. The number of anilines is 2. The average molecular weight is 572 g/mol. The number of nitrogens with one attached hydrogen (secondary N) is 1. The molecule has 1 fully saturated rings. The molecule has 2 amide bonds. The second-order valence-corrected chi connectivity index (χ2v) is 17.0. The van der Waals surface area contributed by atoms with E-state index in [0.29, 0.717) is 41.8 Å². The molecule has 2 heterocycles. The van der Waals surface area contributed by atoms with E-state index in [2.05, 4.69) is 62.1 Å². The van der Waals surface area contributed by atoms with Gasteiger partial charge in [0, 0.05) is 43.5 Å². The molecule has 1 aliphatic heterocycles. The summed E-state index contributed by atoms with van der Waals surface area (Å²) in [4.78, 5) is 21.5. The zero-order chi connectivity index (χ0) is 28.8. The second kappa shape index (κ2) is 13.0. The highest BCUT2D eigenvalue weighted by Gasteiger charge is 2.37. The first-order chi connectivity index (χ1) is 18.3. The van der Waals surface area contributed by atoms with Crippen LogP contribution >= 0.6 is 11.6 Å². The lowest BCUT2D eigenvalue weighted by Crippen LogP contribution is -2.59. The van der Waals surface area contributed by atoms with E-state index >= 15 is 0 Å². The minimum absolute atomic E-state index is 0.0215. The molecule has 2 atom stereocenters. The third-order valence-electron chi connectivity index (χ3n) is 7.70. The number of aromatic nitrogens is 1. The predicted octanol–water partition coefficient (Wildman–Crippen LogP) is 6.92. The fourth-order valence-corrected chi connectivity index (χ4v) is 5.51. The zero-order valence-corrected chi connectivity index (χ0v) is 26.0. The molecule has 0 unspecified atom stereocenters. The smallest absolute Gasteiger partial charge is 0.322 e. The Bertz CT molecular complexity index is 1160. The molecule has 0 spiro atoms. The van der Waals surface area contributed by atoms with Crippen LogP contribution in [0.5, 0.6) is 5.88 Å². The molecular weight excluding hydrogens is 530 g/mol. The van der Waals surface area contributed by atoms with Gasteiger partial charge in [0.15, 0.2) is 8.32 Å². The van der Waals surface area contributed by atoms with Crippen LogP contribution in [0.2, 0.25) is 23.2 Å². The number of carbonyl (C=O) groups is 1. The van der Waals surface area contributed by atoms with Crippen LogP contribution in [0.3, 0.4) is 0 Å². The number of benzene rings is 1. The Morgan fingerprint density at radius 3 is 2.49 bits per heavy atom. The number of pyridine rings is 1. The highest BCUT2D eigenvalue weighted by molar-refractivity contribution is 6.74. The Balaban J connectivity index is 1.44. The fraction of sp³-hybridized carbons (Fsp3) is 0.552. The predicted molar refractivity (Wildman–Crippen MR) is 160 cm³/mol. The van der Waals surface area contributed by atoms with Crippen molar-refractivity contribution in [2.24, 2.45) is 0 Å². The summed E-state index contributed by atoms with van der Waals surface area (Å²) in [6.07, 6.45) is 3.46. The summed E-state index contributed by atoms with van der Waals surface area (Å²) < 4.78 is 12.0. The summed E-state index contributed by atoms with van der Waals surface area (Å²) in [6.45, 7) is 17.9. The van der Waals surface area contributed by atoms with Crippen molar-refractivity contribution in [1.82, 2.24) is 9.88 Å². The van der Waals surface area contributed by atoms with Crippen LogP contribution in [0.15, 0.2) is 36.5 Å². The first kappa shape index (κ1) is 30.7. The van der Waals surface area contributed by atoms with Crippen molar-refractivity contribution in [1.29, 1.82) is 5.26 Å². The molecule has 2 aromatic rings. The summed E-state index contributed by atoms with van der Waals surface area (Å²) in [7, 11) is -1.70. The summed E-state index contributed by atoms with van der Waals surface area (Å²) in [5.41, 5.74) is 2.02. The molecule has 0 aliphatic carbocycles. The second-order valence-electron chi connectivity index (χ2n) is 11.8. The van der Waals surface area contributed by atoms with Crippen LogP contribution in [-0.2, 0) is 4.43 Å². The van der Waals surface area contributed by atoms with Crippen LogP contribution in [0.4, 0.5) is 16.2 Å². The van der Waals surface area contributed by atoms with Crippen molar-refractivity contribution >= 4 is 37.3 Å². The molecule has 212 valence electrons. The number of nitrogens with zero attached hydrogens (tertiary/aromatic N) is 4. The third-order valence-corrected chi connectivity index (χ3v) is 12.5. The number of urea groups is 1. The van der Waals surface area contributed by atoms with Gasteiger partial charge >= 0.3 is 6.03 Å². The largest absolute Gasteiger partial charge is 0.478 e. The van der Waals surface area contributed by atoms with E-state index in [4.69, 9.17) is 26.0 Å². The lowest BCUT2D eigenvalue weighted by molar-refractivity contribution is 0.173. The van der Waals surface area contributed by atoms with Crippen molar-refractivity contribution in [2.75, 3.05) is 36.5 Å². The van der Waals surface area contributed by atoms with Crippen molar-refractivity contribution in [3.63, 3.8) is 0 Å². The molecule has 1 aromatic heterocycles. The third kappa shape index (κ3) is 8.10. The van der Waals surface area contributed by atoms with E-state index in [1.165, 1.54) is 0 Å². The highest BCUT2D eigenvalue weighted by atomic mass is 35.5. The van der Waals surface area contributed by atoms with E-state index in [1.54, 1.807) is 18.3 Å². The molecule has 39 heavy (non-hydrogen) atoms. The Morgan fingerprint density at radius 2 is 1.87 bits per heavy atom. The van der Waals surface area contributed by atoms with Gasteiger partial charge < -0.3 is 24.3 Å². The van der Waals surface area contributed by atoms with Gasteiger partial charge in [-0.3, -0.25) is 0 Å². The molecule has 10 heteroatoms. The summed E-state index contributed by atoms with van der Waals surface area (Å²) in [6, 6.07) is 11.0. The standard InChI is InChI=1S/C29H42ClN5O3Si/c1-21-20-35(22(2)19-34(21)25-12-10-23(17-31)26(30)16-25)28(36)33-24-11-13-27(32-18-24)37-14-8-9-15-38-39(6,7)29(3,4)5/h10-13,16,18,21-22H,8-9,14-15,19-20H2,1-7H3,(H,33,36)/t21-,22+/m0/s1. The molecule has 0 radical (unpaired) electrons. The van der Waals surface area contributed by atoms with Gasteiger partial charge in [0.25, 0.3) is 0 Å². The fourth-order valence-electron chi connectivity index (χ4n) is 4.20. The van der Waals surface area contributed by atoms with Gasteiger partial charge in [-0.25, -0.2) is 9.78 Å². The lowest BCUT2D eigenvalue weighted by Gasteiger charge is -2.45. The van der Waals surface area contributed by atoms with E-state index in [9.17, 15) is 4.79 Å². The maximum Gasteiger partial charge on any atom is 0.322 e. The zero-order valence-electron chi connectivity index (χ0n) is 24.3. The van der Waals surface area contributed by atoms with Gasteiger partial charge in [-0.05, 0) is 69.1 Å². The molecule has 0 bridgehead atoms. The maximum atomic E-state index is 13.1. The minimum atomic E-state index is -1.70. The van der Waals surface area contributed by atoms with Crippen molar-refractivity contribution in [3.05, 3.63) is 47.1 Å². The molecule has 1 saturated heterocycles. The van der Waals surface area contributed by atoms with Crippen molar-refractivity contribution < 1.29 is 14.0 Å². The van der Waals surface area contributed by atoms with Crippen LogP contribution in [0.1, 0.15) is 53.0 Å². The van der Waals surface area contributed by atoms with E-state index in [0.717, 1.165) is 25.1 Å². The van der Waals surface area contributed by atoms with Crippen LogP contribution in [0, 0.1) is 11.3 Å². The van der Waals surface area contributed by atoms with Gasteiger partial charge in [0.2, 0.25) is 5.88 Å². The van der Waals surface area contributed by atoms with Gasteiger partial charge in [-0.15, -0.1) is 0 Å². The summed E-state index contributed by atoms with van der Waals surface area (Å²) in [5, 5.41) is 12.8. The molecule has 1 aromatic carbocycles. The number of rotatable bonds is 9. The number of carbonyl (C=O) groups excluding carboxylic acids is 1. The first-order valence-electron chi connectivity index (χ1n) is 13.6. The van der Waals surface area contributed by atoms with Crippen LogP contribution < -0.4 is 15.0 Å². The van der Waals surface area contributed by atoms with E-state index in [-0.39, 0.29) is 23.2 Å². The Morgan fingerprint density at radius 1 is 1.15 bits per heavy atom. The number of ether oxygens (including phenoxy) is 1. The Hall–Kier alpha value is -2.80. The Kier molecular flexibility index (Phi) is 10.3. The van der Waals surface area contributed by atoms with E-state index < -0.39 is 8.32 Å². The van der Waals surface area contributed by atoms with Gasteiger partial charge in [-0.2, -0.15) is 5.26 Å². The highest BCUT2D eigenvalue weighted by Crippen LogP contribution is 2.36. The number of amides is 2. The number of hydrogen-bond acceptors (Lipinski definition) is 6. The van der Waals surface area contributed by atoms with Crippen molar-refractivity contribution in [2.45, 2.75) is 77.7 Å². The monoisotopic (exact) mass is 571 g/mol. The SMILES string of the molecule is C[C@@H]1CN(c2ccc(C#N)c(Cl)c2)[C@@H](C)CN1C(=O)Nc1ccc(OCCCCO[Si](C)(C)C(C)(C)C)nc1. The summed E-state index contributed by atoms with van der Waals surface area (Å²) in [5.74, 6) is 0.537. The molecule has 1 aliphatic rings. The molecule has 3 rings (SSSR count). The first-order valence-corrected chi connectivity index (χ1v) is 16.9. The van der Waals surface area contributed by atoms with E-state index in [1.807, 2.05) is 30.0 Å². The molecule has 8 nitrogen and oxygen atoms in total. The number of halogens is 1. The minimum Gasteiger partial charge on any atom is -0.478 e. The number of piperazine rings is 1. The Labute approximate surface area is 239 Å². The quantitative estimate of drug-likeness (QED) is 0.259. The summed E-state index contributed by atoms with van der Waals surface area (Å²) >= 11 is 6.25. The van der Waals surface area contributed by atoms with Gasteiger partial charge in [-0.1, -0.05) is 32.4 Å². The number of unbranched alkanes of at least 4 members (excludes halogenated alkanes) is 1. The van der Waals surface area contributed by atoms with Crippen LogP contribution in [-0.4, -0.2) is 62.6 Å². The lowest BCUT2D eigenvalue weighted by atomic mass is 10.1. The number of hydrogen-bond donors (Lipinski definition) is 1. The molecule has 0 saturated carbocycles. The average Bonchev–Trinajstić information content (AvgIpc) is 2.87. The van der Waals surface area contributed by atoms with Crippen molar-refractivity contribution in [3.8, 4) is 11.9 Å². The molecule has 1 N–H and O–H groups in total. The van der Waals surface area contributed by atoms with Gasteiger partial charge in [0.05, 0.1) is 29.1 Å². The maximum absolute atomic E-state index is 13.1. The van der Waals surface area contributed by atoms with Crippen LogP contribution in [0.25, 0.3) is 0 Å².